The summed E-state index contributed by atoms with van der Waals surface area (Å²) in [6.45, 7) is 2.00. The Bertz CT molecular complexity index is 427. The van der Waals surface area contributed by atoms with Gasteiger partial charge in [-0.25, -0.2) is 0 Å². The van der Waals surface area contributed by atoms with E-state index < -0.39 is 6.04 Å². The fraction of sp³-hybridized carbons (Fsp3) is 0.462. The average molecular weight is 307 g/mol. The molecule has 108 valence electrons. The molecule has 1 unspecified atom stereocenters. The average Bonchev–Trinajstić information content (AvgIpc) is 2.37. The Morgan fingerprint density at radius 2 is 2.16 bits per heavy atom. The molecule has 0 heterocycles. The van der Waals surface area contributed by atoms with Gasteiger partial charge in [0.2, 0.25) is 5.91 Å². The summed E-state index contributed by atoms with van der Waals surface area (Å²) in [6, 6.07) is 4.73. The van der Waals surface area contributed by atoms with E-state index in [0.29, 0.717) is 22.9 Å². The van der Waals surface area contributed by atoms with E-state index in [4.69, 9.17) is 22.1 Å². The molecule has 1 atom stereocenters. The number of ether oxygens (including phenoxy) is 1. The molecule has 1 aromatic carbocycles. The zero-order valence-electron chi connectivity index (χ0n) is 11.4. The molecule has 6 heteroatoms. The standard InChI is InChI=1S/C13H19ClN2O2.ClH/c1-4-5-11(15)13(17)16(2)9-6-7-12(18-3)10(14)8-9;/h6-8,11H,4-5,15H2,1-3H3;1H. The summed E-state index contributed by atoms with van der Waals surface area (Å²) in [5, 5.41) is 0.471. The van der Waals surface area contributed by atoms with Crippen LogP contribution >= 0.6 is 24.0 Å². The molecule has 1 aromatic rings. The summed E-state index contributed by atoms with van der Waals surface area (Å²) in [4.78, 5) is 13.5. The molecule has 0 aliphatic rings. The van der Waals surface area contributed by atoms with Crippen molar-refractivity contribution in [1.29, 1.82) is 0 Å². The van der Waals surface area contributed by atoms with Crippen LogP contribution in [0.3, 0.4) is 0 Å². The lowest BCUT2D eigenvalue weighted by Crippen LogP contribution is -2.41. The number of methoxy groups -OCH3 is 1. The molecule has 0 bridgehead atoms. The van der Waals surface area contributed by atoms with Crippen LogP contribution < -0.4 is 15.4 Å². The number of carbonyl (C=O) groups excluding carboxylic acids is 1. The van der Waals surface area contributed by atoms with Crippen molar-refractivity contribution in [2.75, 3.05) is 19.1 Å². The van der Waals surface area contributed by atoms with Gasteiger partial charge in [-0.2, -0.15) is 0 Å². The number of hydrogen-bond donors (Lipinski definition) is 1. The van der Waals surface area contributed by atoms with Gasteiger partial charge in [0, 0.05) is 12.7 Å². The number of carbonyl (C=O) groups is 1. The van der Waals surface area contributed by atoms with E-state index in [2.05, 4.69) is 0 Å². The highest BCUT2D eigenvalue weighted by Gasteiger charge is 2.19. The molecular formula is C13H20Cl2N2O2. The summed E-state index contributed by atoms with van der Waals surface area (Å²) >= 11 is 6.02. The van der Waals surface area contributed by atoms with Gasteiger partial charge in [-0.15, -0.1) is 12.4 Å². The fourth-order valence-electron chi connectivity index (χ4n) is 1.67. The van der Waals surface area contributed by atoms with Crippen LogP contribution in [-0.4, -0.2) is 26.1 Å². The topological polar surface area (TPSA) is 55.6 Å². The van der Waals surface area contributed by atoms with Gasteiger partial charge in [0.05, 0.1) is 18.2 Å². The van der Waals surface area contributed by atoms with Crippen LogP contribution in [0, 0.1) is 0 Å². The summed E-state index contributed by atoms with van der Waals surface area (Å²) in [7, 11) is 3.24. The van der Waals surface area contributed by atoms with E-state index in [-0.39, 0.29) is 18.3 Å². The number of anilines is 1. The van der Waals surface area contributed by atoms with E-state index in [1.807, 2.05) is 6.92 Å². The van der Waals surface area contributed by atoms with Gasteiger partial charge in [-0.05, 0) is 24.6 Å². The minimum absolute atomic E-state index is 0. The van der Waals surface area contributed by atoms with Gasteiger partial charge in [0.25, 0.3) is 0 Å². The smallest absolute Gasteiger partial charge is 0.243 e. The van der Waals surface area contributed by atoms with Crippen molar-refractivity contribution in [1.82, 2.24) is 0 Å². The Hall–Kier alpha value is -0.970. The normalized spacial score (nSPS) is 11.4. The highest BCUT2D eigenvalue weighted by atomic mass is 35.5. The molecule has 1 amide bonds. The van der Waals surface area contributed by atoms with Gasteiger partial charge in [0.1, 0.15) is 5.75 Å². The highest BCUT2D eigenvalue weighted by molar-refractivity contribution is 6.32. The second-order valence-electron chi connectivity index (χ2n) is 4.11. The quantitative estimate of drug-likeness (QED) is 0.910. The maximum atomic E-state index is 12.0. The maximum absolute atomic E-state index is 12.0. The van der Waals surface area contributed by atoms with Crippen LogP contribution in [0.5, 0.6) is 5.75 Å². The third-order valence-corrected chi connectivity index (χ3v) is 3.07. The minimum Gasteiger partial charge on any atom is -0.495 e. The van der Waals surface area contributed by atoms with E-state index >= 15 is 0 Å². The molecule has 0 aliphatic carbocycles. The number of nitrogens with two attached hydrogens (primary N) is 1. The number of benzene rings is 1. The molecular weight excluding hydrogens is 287 g/mol. The second kappa shape index (κ2) is 8.25. The number of hydrogen-bond acceptors (Lipinski definition) is 3. The van der Waals surface area contributed by atoms with Gasteiger partial charge < -0.3 is 15.4 Å². The van der Waals surface area contributed by atoms with Gasteiger partial charge in [-0.1, -0.05) is 24.9 Å². The van der Waals surface area contributed by atoms with Crippen molar-refractivity contribution in [2.24, 2.45) is 5.73 Å². The Morgan fingerprint density at radius 1 is 1.53 bits per heavy atom. The number of halogens is 2. The van der Waals surface area contributed by atoms with Gasteiger partial charge >= 0.3 is 0 Å². The van der Waals surface area contributed by atoms with Crippen molar-refractivity contribution in [3.05, 3.63) is 23.2 Å². The first-order valence-corrected chi connectivity index (χ1v) is 6.25. The Balaban J connectivity index is 0.00000324. The van der Waals surface area contributed by atoms with Crippen LogP contribution in [0.1, 0.15) is 19.8 Å². The summed E-state index contributed by atoms with van der Waals surface area (Å²) in [5.74, 6) is 0.470. The first kappa shape index (κ1) is 18.0. The number of amides is 1. The zero-order valence-corrected chi connectivity index (χ0v) is 12.9. The maximum Gasteiger partial charge on any atom is 0.243 e. The molecule has 2 N–H and O–H groups in total. The second-order valence-corrected chi connectivity index (χ2v) is 4.52. The number of rotatable bonds is 5. The van der Waals surface area contributed by atoms with E-state index in [9.17, 15) is 4.79 Å². The molecule has 0 radical (unpaired) electrons. The minimum atomic E-state index is -0.471. The molecule has 0 saturated carbocycles. The predicted molar refractivity (Wildman–Crippen MR) is 81.5 cm³/mol. The monoisotopic (exact) mass is 306 g/mol. The van der Waals surface area contributed by atoms with Crippen molar-refractivity contribution in [3.63, 3.8) is 0 Å². The largest absolute Gasteiger partial charge is 0.495 e. The lowest BCUT2D eigenvalue weighted by atomic mass is 10.1. The Labute approximate surface area is 125 Å². The van der Waals surface area contributed by atoms with Crippen LogP contribution in [0.2, 0.25) is 5.02 Å². The molecule has 0 spiro atoms. The molecule has 0 fully saturated rings. The van der Waals surface area contributed by atoms with Gasteiger partial charge in [0.15, 0.2) is 0 Å². The summed E-state index contributed by atoms with van der Waals surface area (Å²) < 4.78 is 5.07. The van der Waals surface area contributed by atoms with Crippen LogP contribution in [0.25, 0.3) is 0 Å². The SMILES string of the molecule is CCCC(N)C(=O)N(C)c1ccc(OC)c(Cl)c1.Cl. The molecule has 1 rings (SSSR count). The predicted octanol–water partition coefficient (Wildman–Crippen LogP) is 2.86. The first-order valence-electron chi connectivity index (χ1n) is 5.88. The van der Waals surface area contributed by atoms with E-state index in [1.54, 1.807) is 32.4 Å². The fourth-order valence-corrected chi connectivity index (χ4v) is 1.93. The van der Waals surface area contributed by atoms with Crippen molar-refractivity contribution >= 4 is 35.6 Å². The first-order chi connectivity index (χ1) is 8.51. The summed E-state index contributed by atoms with van der Waals surface area (Å²) in [6.07, 6.45) is 1.55. The zero-order chi connectivity index (χ0) is 13.7. The number of likely N-dealkylation sites (N-methyl/N-ethyl adjacent to an activating group) is 1. The van der Waals surface area contributed by atoms with Crippen molar-refractivity contribution < 1.29 is 9.53 Å². The lowest BCUT2D eigenvalue weighted by Gasteiger charge is -2.21. The third kappa shape index (κ3) is 4.56. The van der Waals surface area contributed by atoms with Crippen LogP contribution in [0.4, 0.5) is 5.69 Å². The lowest BCUT2D eigenvalue weighted by molar-refractivity contribution is -0.119. The van der Waals surface area contributed by atoms with Gasteiger partial charge in [-0.3, -0.25) is 4.79 Å². The van der Waals surface area contributed by atoms with Crippen LogP contribution in [0.15, 0.2) is 18.2 Å². The Morgan fingerprint density at radius 3 is 2.63 bits per heavy atom. The summed E-state index contributed by atoms with van der Waals surface area (Å²) in [5.41, 5.74) is 6.52. The molecule has 0 aliphatic heterocycles. The van der Waals surface area contributed by atoms with Crippen molar-refractivity contribution in [3.8, 4) is 5.75 Å². The molecule has 4 nitrogen and oxygen atoms in total. The van der Waals surface area contributed by atoms with Crippen molar-refractivity contribution in [2.45, 2.75) is 25.8 Å². The number of nitrogens with zero attached hydrogens (tertiary/aromatic N) is 1. The molecule has 0 saturated heterocycles. The molecule has 19 heavy (non-hydrogen) atoms. The highest BCUT2D eigenvalue weighted by Crippen LogP contribution is 2.28. The van der Waals surface area contributed by atoms with E-state index in [0.717, 1.165) is 6.42 Å². The van der Waals surface area contributed by atoms with E-state index in [1.165, 1.54) is 4.90 Å². The third-order valence-electron chi connectivity index (χ3n) is 2.77. The molecule has 0 aromatic heterocycles. The van der Waals surface area contributed by atoms with Crippen LogP contribution in [-0.2, 0) is 4.79 Å². The Kier molecular flexibility index (Phi) is 7.83.